The van der Waals surface area contributed by atoms with Crippen LogP contribution in [0.25, 0.3) is 0 Å². The van der Waals surface area contributed by atoms with Gasteiger partial charge in [-0.2, -0.15) is 4.37 Å². The highest BCUT2D eigenvalue weighted by Gasteiger charge is 2.12. The fraction of sp³-hybridized carbons (Fsp3) is 0.818. The zero-order valence-corrected chi connectivity index (χ0v) is 12.3. The van der Waals surface area contributed by atoms with Gasteiger partial charge in [0.15, 0.2) is 4.34 Å². The van der Waals surface area contributed by atoms with E-state index >= 15 is 0 Å². The smallest absolute Gasteiger partial charge is 0.170 e. The predicted octanol–water partition coefficient (Wildman–Crippen LogP) is 2.96. The maximum atomic E-state index is 4.34. The van der Waals surface area contributed by atoms with Crippen LogP contribution in [0.4, 0.5) is 0 Å². The summed E-state index contributed by atoms with van der Waals surface area (Å²) >= 11 is 3.30. The predicted molar refractivity (Wildman–Crippen MR) is 72.3 cm³/mol. The van der Waals surface area contributed by atoms with E-state index in [4.69, 9.17) is 0 Å². The van der Waals surface area contributed by atoms with Crippen molar-refractivity contribution in [1.29, 1.82) is 0 Å². The van der Waals surface area contributed by atoms with E-state index in [-0.39, 0.29) is 5.54 Å². The molecule has 5 heteroatoms. The molecule has 0 aliphatic carbocycles. The lowest BCUT2D eigenvalue weighted by atomic mass is 10.1. The van der Waals surface area contributed by atoms with Gasteiger partial charge in [0.25, 0.3) is 0 Å². The van der Waals surface area contributed by atoms with E-state index in [0.29, 0.717) is 5.92 Å². The largest absolute Gasteiger partial charge is 0.312 e. The maximum absolute atomic E-state index is 4.34. The molecule has 0 spiro atoms. The topological polar surface area (TPSA) is 37.8 Å². The number of aryl methyl sites for hydroxylation is 1. The zero-order chi connectivity index (χ0) is 12.2. The third-order valence-electron chi connectivity index (χ3n) is 1.98. The van der Waals surface area contributed by atoms with Crippen LogP contribution in [0.3, 0.4) is 0 Å². The van der Waals surface area contributed by atoms with Gasteiger partial charge in [-0.3, -0.25) is 0 Å². The highest BCUT2D eigenvalue weighted by atomic mass is 32.2. The molecule has 0 saturated carbocycles. The van der Waals surface area contributed by atoms with Crippen LogP contribution in [-0.2, 0) is 0 Å². The molecule has 0 aliphatic heterocycles. The fourth-order valence-electron chi connectivity index (χ4n) is 1.09. The molecule has 1 N–H and O–H groups in total. The van der Waals surface area contributed by atoms with Gasteiger partial charge in [0.05, 0.1) is 0 Å². The van der Waals surface area contributed by atoms with Crippen molar-refractivity contribution in [2.75, 3.05) is 12.3 Å². The average Bonchev–Trinajstić information content (AvgIpc) is 2.57. The van der Waals surface area contributed by atoms with Crippen LogP contribution in [0.15, 0.2) is 4.34 Å². The number of hydrogen-bond donors (Lipinski definition) is 1. The Hall–Kier alpha value is -0.130. The molecule has 1 unspecified atom stereocenters. The second-order valence-corrected chi connectivity index (χ2v) is 7.17. The molecule has 92 valence electrons. The summed E-state index contributed by atoms with van der Waals surface area (Å²) in [4.78, 5) is 4.34. The number of nitrogens with one attached hydrogen (secondary N) is 1. The molecular weight excluding hydrogens is 238 g/mol. The van der Waals surface area contributed by atoms with E-state index in [1.807, 2.05) is 6.92 Å². The van der Waals surface area contributed by atoms with E-state index in [2.05, 4.69) is 42.4 Å². The number of aromatic nitrogens is 2. The lowest BCUT2D eigenvalue weighted by Gasteiger charge is -2.23. The Labute approximate surface area is 107 Å². The van der Waals surface area contributed by atoms with E-state index in [1.54, 1.807) is 11.8 Å². The van der Waals surface area contributed by atoms with Crippen molar-refractivity contribution in [3.05, 3.63) is 5.82 Å². The lowest BCUT2D eigenvalue weighted by Crippen LogP contribution is -2.39. The van der Waals surface area contributed by atoms with Gasteiger partial charge in [0.1, 0.15) is 5.82 Å². The summed E-state index contributed by atoms with van der Waals surface area (Å²) in [6.07, 6.45) is 0. The highest BCUT2D eigenvalue weighted by Crippen LogP contribution is 2.22. The van der Waals surface area contributed by atoms with Gasteiger partial charge in [0.2, 0.25) is 0 Å². The van der Waals surface area contributed by atoms with Gasteiger partial charge in [-0.25, -0.2) is 4.98 Å². The van der Waals surface area contributed by atoms with Crippen molar-refractivity contribution in [3.8, 4) is 0 Å². The SMILES string of the molecule is Cc1nsc(SCC(C)CNC(C)(C)C)n1. The Balaban J connectivity index is 2.22. The minimum absolute atomic E-state index is 0.207. The van der Waals surface area contributed by atoms with Crippen molar-refractivity contribution in [1.82, 2.24) is 14.7 Å². The number of nitrogens with zero attached hydrogens (tertiary/aromatic N) is 2. The summed E-state index contributed by atoms with van der Waals surface area (Å²) in [5.41, 5.74) is 0.207. The first-order valence-electron chi connectivity index (χ1n) is 5.55. The van der Waals surface area contributed by atoms with Crippen molar-refractivity contribution in [3.63, 3.8) is 0 Å². The molecular formula is C11H21N3S2. The average molecular weight is 259 g/mol. The van der Waals surface area contributed by atoms with Crippen LogP contribution in [0.2, 0.25) is 0 Å². The molecule has 1 rings (SSSR count). The van der Waals surface area contributed by atoms with Crippen molar-refractivity contribution >= 4 is 23.3 Å². The minimum Gasteiger partial charge on any atom is -0.312 e. The lowest BCUT2D eigenvalue weighted by molar-refractivity contribution is 0.395. The van der Waals surface area contributed by atoms with Gasteiger partial charge in [-0.15, -0.1) is 0 Å². The second-order valence-electron chi connectivity index (χ2n) is 5.15. The van der Waals surface area contributed by atoms with E-state index in [1.165, 1.54) is 11.5 Å². The Kier molecular flexibility index (Phi) is 5.21. The van der Waals surface area contributed by atoms with E-state index < -0.39 is 0 Å². The molecule has 0 radical (unpaired) electrons. The highest BCUT2D eigenvalue weighted by molar-refractivity contribution is 8.00. The zero-order valence-electron chi connectivity index (χ0n) is 10.7. The summed E-state index contributed by atoms with van der Waals surface area (Å²) < 4.78 is 5.26. The minimum atomic E-state index is 0.207. The number of rotatable bonds is 5. The van der Waals surface area contributed by atoms with Crippen LogP contribution in [-0.4, -0.2) is 27.2 Å². The molecule has 0 aliphatic rings. The normalized spacial score (nSPS) is 14.1. The monoisotopic (exact) mass is 259 g/mol. The number of thioether (sulfide) groups is 1. The third-order valence-corrected chi connectivity index (χ3v) is 4.24. The molecule has 0 aromatic carbocycles. The molecule has 0 fully saturated rings. The quantitative estimate of drug-likeness (QED) is 0.825. The Bertz CT molecular complexity index is 317. The van der Waals surface area contributed by atoms with Crippen molar-refractivity contribution < 1.29 is 0 Å². The van der Waals surface area contributed by atoms with Crippen LogP contribution in [0.5, 0.6) is 0 Å². The first kappa shape index (κ1) is 13.9. The molecule has 1 aromatic heterocycles. The van der Waals surface area contributed by atoms with Crippen molar-refractivity contribution in [2.45, 2.75) is 44.5 Å². The molecule has 0 amide bonds. The summed E-state index contributed by atoms with van der Waals surface area (Å²) in [6.45, 7) is 11.8. The van der Waals surface area contributed by atoms with Gasteiger partial charge in [0, 0.05) is 11.3 Å². The summed E-state index contributed by atoms with van der Waals surface area (Å²) in [5.74, 6) is 2.62. The maximum Gasteiger partial charge on any atom is 0.170 e. The molecule has 1 heterocycles. The molecule has 1 aromatic rings. The van der Waals surface area contributed by atoms with Crippen molar-refractivity contribution in [2.24, 2.45) is 5.92 Å². The Morgan fingerprint density at radius 1 is 1.44 bits per heavy atom. The van der Waals surface area contributed by atoms with Crippen LogP contribution < -0.4 is 5.32 Å². The molecule has 3 nitrogen and oxygen atoms in total. The van der Waals surface area contributed by atoms with Gasteiger partial charge in [-0.1, -0.05) is 18.7 Å². The first-order valence-corrected chi connectivity index (χ1v) is 7.31. The fourth-order valence-corrected chi connectivity index (χ4v) is 2.78. The second kappa shape index (κ2) is 5.98. The Morgan fingerprint density at radius 2 is 2.12 bits per heavy atom. The molecule has 0 bridgehead atoms. The standard InChI is InChI=1S/C11H21N3S2/c1-8(6-12-11(3,4)5)7-15-10-13-9(2)14-16-10/h8,12H,6-7H2,1-5H3. The first-order chi connectivity index (χ1) is 7.37. The molecule has 1 atom stereocenters. The summed E-state index contributed by atoms with van der Waals surface area (Å²) in [6, 6.07) is 0. The third kappa shape index (κ3) is 5.82. The van der Waals surface area contributed by atoms with Crippen LogP contribution >= 0.6 is 23.3 Å². The number of hydrogen-bond acceptors (Lipinski definition) is 5. The van der Waals surface area contributed by atoms with E-state index in [0.717, 1.165) is 22.5 Å². The van der Waals surface area contributed by atoms with Crippen LogP contribution in [0, 0.1) is 12.8 Å². The summed E-state index contributed by atoms with van der Waals surface area (Å²) in [7, 11) is 0. The van der Waals surface area contributed by atoms with E-state index in [9.17, 15) is 0 Å². The Morgan fingerprint density at radius 3 is 2.62 bits per heavy atom. The van der Waals surface area contributed by atoms with Gasteiger partial charge >= 0.3 is 0 Å². The van der Waals surface area contributed by atoms with Gasteiger partial charge in [-0.05, 0) is 51.7 Å². The van der Waals surface area contributed by atoms with Gasteiger partial charge < -0.3 is 5.32 Å². The van der Waals surface area contributed by atoms with Crippen LogP contribution in [0.1, 0.15) is 33.5 Å². The molecule has 16 heavy (non-hydrogen) atoms. The molecule has 0 saturated heterocycles. The summed E-state index contributed by atoms with van der Waals surface area (Å²) in [5, 5.41) is 3.52.